The first-order chi connectivity index (χ1) is 12.2. The molecule has 2 aromatic heterocycles. The lowest BCUT2D eigenvalue weighted by Crippen LogP contribution is -1.95. The Morgan fingerprint density at radius 1 is 0.880 bits per heavy atom. The molecular weight excluding hydrogens is 370 g/mol. The van der Waals surface area contributed by atoms with E-state index >= 15 is 0 Å². The molecule has 0 saturated carbocycles. The Kier molecular flexibility index (Phi) is 4.48. The van der Waals surface area contributed by atoms with Gasteiger partial charge in [-0.1, -0.05) is 23.5 Å². The van der Waals surface area contributed by atoms with Crippen LogP contribution in [0.1, 0.15) is 0 Å². The van der Waals surface area contributed by atoms with Gasteiger partial charge >= 0.3 is 0 Å². The fourth-order valence-electron chi connectivity index (χ4n) is 2.27. The molecule has 4 rings (SSSR count). The number of para-hydroxylation sites is 1. The highest BCUT2D eigenvalue weighted by atomic mass is 32.1. The number of anilines is 4. The summed E-state index contributed by atoms with van der Waals surface area (Å²) in [7, 11) is 0. The molecule has 0 atom stereocenters. The van der Waals surface area contributed by atoms with Gasteiger partial charge in [-0.15, -0.1) is 25.3 Å². The van der Waals surface area contributed by atoms with Crippen molar-refractivity contribution in [2.45, 2.75) is 9.79 Å². The van der Waals surface area contributed by atoms with Gasteiger partial charge in [0.25, 0.3) is 0 Å². The zero-order chi connectivity index (χ0) is 17.2. The van der Waals surface area contributed by atoms with Gasteiger partial charge in [-0.05, 0) is 36.4 Å². The van der Waals surface area contributed by atoms with E-state index in [1.54, 1.807) is 0 Å². The Morgan fingerprint density at radius 3 is 2.48 bits per heavy atom. The lowest BCUT2D eigenvalue weighted by atomic mass is 10.3. The van der Waals surface area contributed by atoms with E-state index in [1.807, 2.05) is 48.5 Å². The normalized spacial score (nSPS) is 10.8. The smallest absolute Gasteiger partial charge is 0.189 e. The van der Waals surface area contributed by atoms with Crippen molar-refractivity contribution in [1.29, 1.82) is 0 Å². The number of hydrogen-bond donors (Lipinski definition) is 4. The molecule has 2 aromatic carbocycles. The predicted octanol–water partition coefficient (Wildman–Crippen LogP) is 5.15. The van der Waals surface area contributed by atoms with E-state index < -0.39 is 0 Å². The van der Waals surface area contributed by atoms with Crippen LogP contribution in [0.4, 0.5) is 22.3 Å². The molecule has 25 heavy (non-hydrogen) atoms. The second-order valence-electron chi connectivity index (χ2n) is 5.21. The molecule has 124 valence electrons. The third kappa shape index (κ3) is 3.55. The van der Waals surface area contributed by atoms with Gasteiger partial charge < -0.3 is 10.6 Å². The van der Waals surface area contributed by atoms with Crippen molar-refractivity contribution >= 4 is 69.3 Å². The highest BCUT2D eigenvalue weighted by Gasteiger charge is 2.12. The van der Waals surface area contributed by atoms with Crippen molar-refractivity contribution in [3.8, 4) is 0 Å². The maximum absolute atomic E-state index is 4.63. The van der Waals surface area contributed by atoms with Gasteiger partial charge in [-0.25, -0.2) is 15.0 Å². The molecule has 2 heterocycles. The Morgan fingerprint density at radius 2 is 1.68 bits per heavy atom. The van der Waals surface area contributed by atoms with E-state index in [0.29, 0.717) is 5.82 Å². The standard InChI is InChI=1S/C17H13N5S3/c23-11-7-5-10(6-8-11)20-15-14-16(19-9-18-15)25-17(22-14)21-12-3-1-2-4-13(12)24/h1-9,23-24H,(H,21,22)(H,18,19,20). The molecule has 0 aliphatic heterocycles. The van der Waals surface area contributed by atoms with Gasteiger partial charge in [-0.3, -0.25) is 0 Å². The Balaban J connectivity index is 1.66. The van der Waals surface area contributed by atoms with Gasteiger partial charge in [-0.2, -0.15) is 0 Å². The Labute approximate surface area is 159 Å². The first-order valence-electron chi connectivity index (χ1n) is 7.42. The van der Waals surface area contributed by atoms with Gasteiger partial charge in [0.1, 0.15) is 11.8 Å². The van der Waals surface area contributed by atoms with Crippen molar-refractivity contribution in [2.75, 3.05) is 10.6 Å². The number of nitrogens with one attached hydrogen (secondary N) is 2. The quantitative estimate of drug-likeness (QED) is 0.367. The molecule has 0 bridgehead atoms. The molecule has 4 aromatic rings. The third-order valence-corrected chi connectivity index (χ3v) is 5.04. The van der Waals surface area contributed by atoms with E-state index in [0.717, 1.165) is 36.6 Å². The summed E-state index contributed by atoms with van der Waals surface area (Å²) in [5.41, 5.74) is 2.54. The van der Waals surface area contributed by atoms with Crippen LogP contribution >= 0.6 is 36.6 Å². The Hall–Kier alpha value is -2.29. The van der Waals surface area contributed by atoms with E-state index in [1.165, 1.54) is 17.7 Å². The van der Waals surface area contributed by atoms with Crippen molar-refractivity contribution < 1.29 is 0 Å². The van der Waals surface area contributed by atoms with Gasteiger partial charge in [0.15, 0.2) is 15.8 Å². The van der Waals surface area contributed by atoms with Gasteiger partial charge in [0.05, 0.1) is 5.69 Å². The summed E-state index contributed by atoms with van der Waals surface area (Å²) < 4.78 is 0. The molecule has 0 aliphatic rings. The minimum atomic E-state index is 0.667. The fourth-order valence-corrected chi connectivity index (χ4v) is 3.46. The topological polar surface area (TPSA) is 62.7 Å². The number of rotatable bonds is 4. The molecular formula is C17H13N5S3. The van der Waals surface area contributed by atoms with Gasteiger partial charge in [0, 0.05) is 15.5 Å². The number of nitrogens with zero attached hydrogens (tertiary/aromatic N) is 3. The number of fused-ring (bicyclic) bond motifs is 1. The van der Waals surface area contributed by atoms with E-state index in [-0.39, 0.29) is 0 Å². The zero-order valence-corrected chi connectivity index (χ0v) is 15.4. The molecule has 0 saturated heterocycles. The van der Waals surface area contributed by atoms with E-state index in [2.05, 4.69) is 50.8 Å². The molecule has 8 heteroatoms. The second-order valence-corrected chi connectivity index (χ2v) is 7.18. The van der Waals surface area contributed by atoms with Crippen LogP contribution < -0.4 is 10.6 Å². The van der Waals surface area contributed by atoms with Crippen LogP contribution in [-0.2, 0) is 0 Å². The first-order valence-corrected chi connectivity index (χ1v) is 9.13. The van der Waals surface area contributed by atoms with Crippen LogP contribution in [0.5, 0.6) is 0 Å². The van der Waals surface area contributed by atoms with Crippen LogP contribution in [0.25, 0.3) is 10.3 Å². The second kappa shape index (κ2) is 6.91. The number of aromatic nitrogens is 3. The maximum atomic E-state index is 4.63. The number of benzene rings is 2. The molecule has 0 amide bonds. The zero-order valence-electron chi connectivity index (χ0n) is 12.8. The molecule has 0 aliphatic carbocycles. The lowest BCUT2D eigenvalue weighted by Gasteiger charge is -2.06. The van der Waals surface area contributed by atoms with Crippen LogP contribution in [0.2, 0.25) is 0 Å². The number of thiol groups is 2. The highest BCUT2D eigenvalue weighted by molar-refractivity contribution is 7.80. The minimum absolute atomic E-state index is 0.667. The summed E-state index contributed by atoms with van der Waals surface area (Å²) in [6.07, 6.45) is 1.53. The molecule has 0 radical (unpaired) electrons. The largest absolute Gasteiger partial charge is 0.338 e. The van der Waals surface area contributed by atoms with Crippen molar-refractivity contribution in [2.24, 2.45) is 0 Å². The molecule has 0 spiro atoms. The maximum Gasteiger partial charge on any atom is 0.189 e. The highest BCUT2D eigenvalue weighted by Crippen LogP contribution is 2.32. The van der Waals surface area contributed by atoms with Crippen LogP contribution in [0, 0.1) is 0 Å². The summed E-state index contributed by atoms with van der Waals surface area (Å²) in [6, 6.07) is 15.5. The summed E-state index contributed by atoms with van der Waals surface area (Å²) in [6.45, 7) is 0. The summed E-state index contributed by atoms with van der Waals surface area (Å²) in [5, 5.41) is 7.31. The van der Waals surface area contributed by atoms with Crippen LogP contribution in [0.3, 0.4) is 0 Å². The third-order valence-electron chi connectivity index (χ3n) is 3.47. The van der Waals surface area contributed by atoms with Crippen molar-refractivity contribution in [1.82, 2.24) is 15.0 Å². The predicted molar refractivity (Wildman–Crippen MR) is 109 cm³/mol. The van der Waals surface area contributed by atoms with Crippen molar-refractivity contribution in [3.63, 3.8) is 0 Å². The lowest BCUT2D eigenvalue weighted by molar-refractivity contribution is 1.21. The van der Waals surface area contributed by atoms with Crippen molar-refractivity contribution in [3.05, 3.63) is 54.9 Å². The SMILES string of the molecule is Sc1ccc(Nc2ncnc3sc(Nc4ccccc4S)nc23)cc1. The first kappa shape index (κ1) is 16.2. The summed E-state index contributed by atoms with van der Waals surface area (Å²) in [5.74, 6) is 0.667. The Bertz CT molecular complexity index is 1030. The average Bonchev–Trinajstić information content (AvgIpc) is 3.03. The number of thiazole rings is 1. The average molecular weight is 384 g/mol. The molecule has 0 fully saturated rings. The van der Waals surface area contributed by atoms with E-state index in [4.69, 9.17) is 0 Å². The molecule has 2 N–H and O–H groups in total. The van der Waals surface area contributed by atoms with Gasteiger partial charge in [0.2, 0.25) is 0 Å². The van der Waals surface area contributed by atoms with E-state index in [9.17, 15) is 0 Å². The van der Waals surface area contributed by atoms with Crippen LogP contribution in [-0.4, -0.2) is 15.0 Å². The molecule has 0 unspecified atom stereocenters. The summed E-state index contributed by atoms with van der Waals surface area (Å²) in [4.78, 5) is 15.8. The van der Waals surface area contributed by atoms with Crippen LogP contribution in [0.15, 0.2) is 64.6 Å². The fraction of sp³-hybridized carbons (Fsp3) is 0. The number of hydrogen-bond acceptors (Lipinski definition) is 8. The molecule has 5 nitrogen and oxygen atoms in total. The monoisotopic (exact) mass is 383 g/mol. The summed E-state index contributed by atoms with van der Waals surface area (Å²) >= 11 is 10.2. The minimum Gasteiger partial charge on any atom is -0.338 e.